The Morgan fingerprint density at radius 1 is 1.19 bits per heavy atom. The number of likely N-dealkylation sites (N-methyl/N-ethyl adjacent to an activating group) is 1. The maximum atomic E-state index is 3.80. The Labute approximate surface area is 105 Å². The van der Waals surface area contributed by atoms with Crippen LogP contribution in [0, 0.1) is 0 Å². The van der Waals surface area contributed by atoms with Crippen molar-refractivity contribution >= 4 is 21.5 Å². The zero-order valence-electron chi connectivity index (χ0n) is 9.44. The van der Waals surface area contributed by atoms with Crippen LogP contribution in [0.2, 0.25) is 0 Å². The van der Waals surface area contributed by atoms with Crippen molar-refractivity contribution in [3.63, 3.8) is 0 Å². The van der Waals surface area contributed by atoms with Crippen LogP contribution < -0.4 is 0 Å². The standard InChI is InChI=1S/C14H16BrN/c1-16-13-7-8-14(16)12(15)9-11(13)10-5-3-2-4-6-10/h2-6,9,12-14H,7-8H2,1H3/t12-,13+,14+/m0/s1. The molecule has 2 aliphatic rings. The molecule has 16 heavy (non-hydrogen) atoms. The van der Waals surface area contributed by atoms with Gasteiger partial charge in [-0.1, -0.05) is 52.3 Å². The second-order valence-corrected chi connectivity index (χ2v) is 5.82. The summed E-state index contributed by atoms with van der Waals surface area (Å²) in [7, 11) is 2.26. The van der Waals surface area contributed by atoms with Gasteiger partial charge in [-0.15, -0.1) is 0 Å². The van der Waals surface area contributed by atoms with Gasteiger partial charge in [-0.25, -0.2) is 0 Å². The topological polar surface area (TPSA) is 3.24 Å². The summed E-state index contributed by atoms with van der Waals surface area (Å²) in [5, 5.41) is 0. The van der Waals surface area contributed by atoms with E-state index in [0.29, 0.717) is 16.9 Å². The molecule has 1 saturated heterocycles. The van der Waals surface area contributed by atoms with E-state index in [1.807, 2.05) is 0 Å². The van der Waals surface area contributed by atoms with Gasteiger partial charge in [0, 0.05) is 16.9 Å². The third-order valence-corrected chi connectivity index (χ3v) is 4.80. The minimum atomic E-state index is 0.506. The van der Waals surface area contributed by atoms with Gasteiger partial charge in [-0.05, 0) is 31.0 Å². The highest BCUT2D eigenvalue weighted by Crippen LogP contribution is 2.41. The Morgan fingerprint density at radius 2 is 1.94 bits per heavy atom. The molecule has 2 heterocycles. The number of benzene rings is 1. The molecule has 3 atom stereocenters. The number of alkyl halides is 1. The highest BCUT2D eigenvalue weighted by Gasteiger charge is 2.40. The minimum Gasteiger partial charge on any atom is -0.295 e. The first-order valence-electron chi connectivity index (χ1n) is 5.90. The molecule has 2 heteroatoms. The number of halogens is 1. The summed E-state index contributed by atoms with van der Waals surface area (Å²) >= 11 is 3.80. The number of nitrogens with zero attached hydrogens (tertiary/aromatic N) is 1. The molecule has 1 aromatic rings. The molecule has 1 fully saturated rings. The van der Waals surface area contributed by atoms with Gasteiger partial charge in [-0.2, -0.15) is 0 Å². The van der Waals surface area contributed by atoms with Crippen LogP contribution in [0.1, 0.15) is 18.4 Å². The highest BCUT2D eigenvalue weighted by molar-refractivity contribution is 9.09. The van der Waals surface area contributed by atoms with E-state index in [0.717, 1.165) is 0 Å². The molecule has 2 aliphatic heterocycles. The lowest BCUT2D eigenvalue weighted by Gasteiger charge is -2.34. The Balaban J connectivity index is 2.02. The van der Waals surface area contributed by atoms with E-state index in [1.54, 1.807) is 0 Å². The monoisotopic (exact) mass is 277 g/mol. The van der Waals surface area contributed by atoms with Crippen LogP contribution >= 0.6 is 15.9 Å². The number of hydrogen-bond acceptors (Lipinski definition) is 1. The van der Waals surface area contributed by atoms with E-state index < -0.39 is 0 Å². The molecule has 0 spiro atoms. The van der Waals surface area contributed by atoms with E-state index in [2.05, 4.69) is 64.3 Å². The first-order valence-corrected chi connectivity index (χ1v) is 6.82. The van der Waals surface area contributed by atoms with Gasteiger partial charge in [0.05, 0.1) is 0 Å². The SMILES string of the molecule is CN1[C@@H]2CC[C@@H]1[C@@H](Br)C=C2c1ccccc1. The van der Waals surface area contributed by atoms with Crippen LogP contribution in [0.3, 0.4) is 0 Å². The second kappa shape index (κ2) is 4.01. The van der Waals surface area contributed by atoms with Gasteiger partial charge in [0.2, 0.25) is 0 Å². The maximum Gasteiger partial charge on any atom is 0.0487 e. The van der Waals surface area contributed by atoms with Crippen molar-refractivity contribution in [1.29, 1.82) is 0 Å². The molecular formula is C14H16BrN. The molecule has 0 radical (unpaired) electrons. The fourth-order valence-corrected chi connectivity index (χ4v) is 3.96. The summed E-state index contributed by atoms with van der Waals surface area (Å²) in [6.07, 6.45) is 5.02. The van der Waals surface area contributed by atoms with Gasteiger partial charge in [0.25, 0.3) is 0 Å². The van der Waals surface area contributed by atoms with Crippen LogP contribution in [0.4, 0.5) is 0 Å². The highest BCUT2D eigenvalue weighted by atomic mass is 79.9. The summed E-state index contributed by atoms with van der Waals surface area (Å²) in [5.74, 6) is 0. The number of rotatable bonds is 1. The summed E-state index contributed by atoms with van der Waals surface area (Å²) in [6.45, 7) is 0. The molecular weight excluding hydrogens is 262 g/mol. The van der Waals surface area contributed by atoms with Gasteiger partial charge in [-0.3, -0.25) is 4.90 Å². The Hall–Kier alpha value is -0.600. The molecule has 1 aromatic carbocycles. The van der Waals surface area contributed by atoms with Crippen LogP contribution in [0.5, 0.6) is 0 Å². The van der Waals surface area contributed by atoms with E-state index >= 15 is 0 Å². The predicted molar refractivity (Wildman–Crippen MR) is 71.7 cm³/mol. The largest absolute Gasteiger partial charge is 0.295 e. The zero-order chi connectivity index (χ0) is 11.1. The van der Waals surface area contributed by atoms with E-state index in [1.165, 1.54) is 24.0 Å². The van der Waals surface area contributed by atoms with Crippen molar-refractivity contribution in [2.24, 2.45) is 0 Å². The van der Waals surface area contributed by atoms with E-state index in [4.69, 9.17) is 0 Å². The molecule has 84 valence electrons. The quantitative estimate of drug-likeness (QED) is 0.712. The van der Waals surface area contributed by atoms with Crippen LogP contribution in [0.15, 0.2) is 36.4 Å². The average molecular weight is 278 g/mol. The van der Waals surface area contributed by atoms with Crippen molar-refractivity contribution in [2.75, 3.05) is 7.05 Å². The molecule has 3 rings (SSSR count). The van der Waals surface area contributed by atoms with E-state index in [9.17, 15) is 0 Å². The maximum absolute atomic E-state index is 3.80. The first kappa shape index (κ1) is 10.5. The number of hydrogen-bond donors (Lipinski definition) is 0. The molecule has 0 aromatic heterocycles. The van der Waals surface area contributed by atoms with Crippen molar-refractivity contribution in [3.05, 3.63) is 42.0 Å². The number of fused-ring (bicyclic) bond motifs is 2. The zero-order valence-corrected chi connectivity index (χ0v) is 11.0. The summed E-state index contributed by atoms with van der Waals surface area (Å²) in [4.78, 5) is 3.04. The minimum absolute atomic E-state index is 0.506. The van der Waals surface area contributed by atoms with Gasteiger partial charge >= 0.3 is 0 Å². The molecule has 1 nitrogen and oxygen atoms in total. The Morgan fingerprint density at radius 3 is 2.69 bits per heavy atom. The lowest BCUT2D eigenvalue weighted by Crippen LogP contribution is -2.41. The third kappa shape index (κ3) is 1.56. The fraction of sp³-hybridized carbons (Fsp3) is 0.429. The van der Waals surface area contributed by atoms with Crippen LogP contribution in [-0.2, 0) is 0 Å². The Kier molecular flexibility index (Phi) is 2.64. The lowest BCUT2D eigenvalue weighted by molar-refractivity contribution is 0.274. The summed E-state index contributed by atoms with van der Waals surface area (Å²) in [5.41, 5.74) is 2.88. The molecule has 0 saturated carbocycles. The fourth-order valence-electron chi connectivity index (χ4n) is 3.04. The van der Waals surface area contributed by atoms with E-state index in [-0.39, 0.29) is 0 Å². The molecule has 0 aliphatic carbocycles. The van der Waals surface area contributed by atoms with Crippen LogP contribution in [0.25, 0.3) is 5.57 Å². The van der Waals surface area contributed by atoms with Crippen LogP contribution in [-0.4, -0.2) is 28.9 Å². The van der Waals surface area contributed by atoms with Crippen molar-refractivity contribution in [3.8, 4) is 0 Å². The van der Waals surface area contributed by atoms with Gasteiger partial charge in [0.15, 0.2) is 0 Å². The molecule has 0 N–H and O–H groups in total. The molecule has 0 amide bonds. The summed E-state index contributed by atoms with van der Waals surface area (Å²) < 4.78 is 0. The van der Waals surface area contributed by atoms with Crippen molar-refractivity contribution in [2.45, 2.75) is 29.8 Å². The normalized spacial score (nSPS) is 33.9. The second-order valence-electron chi connectivity index (χ2n) is 4.76. The van der Waals surface area contributed by atoms with Crippen molar-refractivity contribution in [1.82, 2.24) is 4.90 Å². The average Bonchev–Trinajstić information content (AvgIpc) is 2.58. The van der Waals surface area contributed by atoms with Crippen molar-refractivity contribution < 1.29 is 0 Å². The lowest BCUT2D eigenvalue weighted by atomic mass is 9.95. The summed E-state index contributed by atoms with van der Waals surface area (Å²) in [6, 6.07) is 12.1. The van der Waals surface area contributed by atoms with Gasteiger partial charge in [0.1, 0.15) is 0 Å². The molecule has 2 bridgehead atoms. The van der Waals surface area contributed by atoms with Gasteiger partial charge < -0.3 is 0 Å². The third-order valence-electron chi connectivity index (χ3n) is 3.92. The first-order chi connectivity index (χ1) is 7.77. The smallest absolute Gasteiger partial charge is 0.0487 e. The molecule has 0 unspecified atom stereocenters. The Bertz CT molecular complexity index is 412. The predicted octanol–water partition coefficient (Wildman–Crippen LogP) is 3.31.